The molecule has 1 atom stereocenters. The van der Waals surface area contributed by atoms with Gasteiger partial charge in [-0.2, -0.15) is 0 Å². The number of nitrogens with zero attached hydrogens (tertiary/aromatic N) is 6. The van der Waals surface area contributed by atoms with Gasteiger partial charge in [-0.05, 0) is 18.9 Å². The van der Waals surface area contributed by atoms with Gasteiger partial charge < -0.3 is 4.90 Å². The summed E-state index contributed by atoms with van der Waals surface area (Å²) in [6.45, 7) is 1.05. The monoisotopic (exact) mass is 408 g/mol. The van der Waals surface area contributed by atoms with Crippen molar-refractivity contribution in [2.24, 2.45) is 0 Å². The molecule has 3 aromatic rings. The highest BCUT2D eigenvalue weighted by Gasteiger charge is 2.28. The fourth-order valence-corrected chi connectivity index (χ4v) is 4.37. The number of piperidine rings is 1. The lowest BCUT2D eigenvalue weighted by Gasteiger charge is -2.32. The lowest BCUT2D eigenvalue weighted by molar-refractivity contribution is 0.145. The molecule has 0 spiro atoms. The van der Waals surface area contributed by atoms with E-state index < -0.39 is 21.5 Å². The van der Waals surface area contributed by atoms with E-state index in [1.54, 1.807) is 12.3 Å². The van der Waals surface area contributed by atoms with E-state index in [0.29, 0.717) is 42.5 Å². The van der Waals surface area contributed by atoms with Gasteiger partial charge in [0, 0.05) is 31.7 Å². The Kier molecular flexibility index (Phi) is 4.69. The lowest BCUT2D eigenvalue weighted by Crippen LogP contribution is -2.42. The third-order valence-corrected chi connectivity index (χ3v) is 6.41. The highest BCUT2D eigenvalue weighted by Crippen LogP contribution is 2.25. The molecule has 0 amide bonds. The smallest absolute Gasteiger partial charge is 0.281 e. The maximum absolute atomic E-state index is 13.0. The van der Waals surface area contributed by atoms with E-state index >= 15 is 0 Å². The maximum Gasteiger partial charge on any atom is 0.281 e. The van der Waals surface area contributed by atoms with E-state index in [1.807, 2.05) is 4.90 Å². The van der Waals surface area contributed by atoms with Crippen LogP contribution in [0.4, 0.5) is 14.6 Å². The van der Waals surface area contributed by atoms with Crippen LogP contribution < -0.4 is 4.90 Å². The molecule has 1 saturated heterocycles. The summed E-state index contributed by atoms with van der Waals surface area (Å²) in [5.74, 6) is 0.911. The van der Waals surface area contributed by atoms with Gasteiger partial charge >= 0.3 is 0 Å². The summed E-state index contributed by atoms with van der Waals surface area (Å²) >= 11 is 0. The molecule has 0 aliphatic carbocycles. The van der Waals surface area contributed by atoms with Gasteiger partial charge in [0.15, 0.2) is 21.3 Å². The zero-order chi connectivity index (χ0) is 19.9. The Hall–Kier alpha value is -2.69. The molecule has 1 aliphatic heterocycles. The summed E-state index contributed by atoms with van der Waals surface area (Å²) < 4.78 is 51.3. The number of imidazole rings is 1. The second kappa shape index (κ2) is 7.04. The molecule has 0 radical (unpaired) electrons. The third-order valence-electron chi connectivity index (χ3n) is 4.82. The summed E-state index contributed by atoms with van der Waals surface area (Å²) in [6.07, 6.45) is 5.49. The zero-order valence-corrected chi connectivity index (χ0v) is 15.9. The van der Waals surface area contributed by atoms with E-state index in [2.05, 4.69) is 19.9 Å². The zero-order valence-electron chi connectivity index (χ0n) is 15.0. The van der Waals surface area contributed by atoms with Crippen molar-refractivity contribution in [2.75, 3.05) is 24.2 Å². The Morgan fingerprint density at radius 2 is 2.04 bits per heavy atom. The first-order valence-corrected chi connectivity index (χ1v) is 10.7. The molecule has 11 heteroatoms. The Morgan fingerprint density at radius 1 is 1.21 bits per heavy atom. The highest BCUT2D eigenvalue weighted by atomic mass is 32.2. The van der Waals surface area contributed by atoms with Gasteiger partial charge in [-0.25, -0.2) is 37.1 Å². The minimum Gasteiger partial charge on any atom is -0.355 e. The van der Waals surface area contributed by atoms with Crippen molar-refractivity contribution in [3.8, 4) is 11.5 Å². The van der Waals surface area contributed by atoms with Crippen molar-refractivity contribution < 1.29 is 17.2 Å². The first-order valence-electron chi connectivity index (χ1n) is 8.71. The molecular weight excluding hydrogens is 390 g/mol. The van der Waals surface area contributed by atoms with E-state index in [4.69, 9.17) is 0 Å². The summed E-state index contributed by atoms with van der Waals surface area (Å²) in [5, 5.41) is -0.435. The van der Waals surface area contributed by atoms with E-state index in [0.717, 1.165) is 6.42 Å². The van der Waals surface area contributed by atoms with Gasteiger partial charge in [0.2, 0.25) is 0 Å². The van der Waals surface area contributed by atoms with Crippen LogP contribution in [0.5, 0.6) is 0 Å². The number of halogens is 2. The Balaban J connectivity index is 1.70. The largest absolute Gasteiger partial charge is 0.355 e. The van der Waals surface area contributed by atoms with Gasteiger partial charge in [-0.15, -0.1) is 0 Å². The molecular formula is C17H18F2N6O2S. The third kappa shape index (κ3) is 3.53. The fraction of sp³-hybridized carbons (Fsp3) is 0.412. The van der Waals surface area contributed by atoms with E-state index in [-0.39, 0.29) is 5.69 Å². The average molecular weight is 408 g/mol. The Bertz CT molecular complexity index is 1120. The van der Waals surface area contributed by atoms with Gasteiger partial charge in [-0.1, -0.05) is 0 Å². The number of sulfone groups is 1. The molecule has 8 nitrogen and oxygen atoms in total. The van der Waals surface area contributed by atoms with Gasteiger partial charge in [0.25, 0.3) is 6.43 Å². The van der Waals surface area contributed by atoms with E-state index in [9.17, 15) is 17.2 Å². The number of alkyl halides is 2. The predicted molar refractivity (Wildman–Crippen MR) is 99.0 cm³/mol. The molecule has 0 saturated carbocycles. The standard InChI is InChI=1S/C17H18F2N6O2S/c1-28(26,27)11-3-2-6-24(9-11)14-4-5-20-17(23-14)13-7-22-15-8-21-12(16(18)19)10-25(13)15/h4-5,7-8,10-11,16H,2-3,6,9H2,1H3. The maximum atomic E-state index is 13.0. The number of rotatable bonds is 4. The molecule has 28 heavy (non-hydrogen) atoms. The average Bonchev–Trinajstić information content (AvgIpc) is 3.11. The number of fused-ring (bicyclic) bond motifs is 1. The summed E-state index contributed by atoms with van der Waals surface area (Å²) in [4.78, 5) is 18.5. The van der Waals surface area contributed by atoms with Crippen LogP contribution in [0, 0.1) is 0 Å². The van der Waals surface area contributed by atoms with Crippen molar-refractivity contribution in [2.45, 2.75) is 24.5 Å². The molecule has 1 fully saturated rings. The minimum absolute atomic E-state index is 0.317. The molecule has 1 unspecified atom stereocenters. The SMILES string of the molecule is CS(=O)(=O)C1CCCN(c2ccnc(-c3cnc4cnc(C(F)F)cn34)n2)C1. The first kappa shape index (κ1) is 18.7. The van der Waals surface area contributed by atoms with Crippen molar-refractivity contribution in [3.05, 3.63) is 36.5 Å². The molecule has 3 aromatic heterocycles. The molecule has 4 heterocycles. The molecule has 4 rings (SSSR count). The Labute approximate surface area is 160 Å². The van der Waals surface area contributed by atoms with Crippen LogP contribution in [-0.2, 0) is 9.84 Å². The second-order valence-corrected chi connectivity index (χ2v) is 9.09. The summed E-state index contributed by atoms with van der Waals surface area (Å²) in [6, 6.07) is 1.71. The molecule has 0 bridgehead atoms. The topological polar surface area (TPSA) is 93.4 Å². The van der Waals surface area contributed by atoms with Gasteiger partial charge in [0.1, 0.15) is 17.2 Å². The summed E-state index contributed by atoms with van der Waals surface area (Å²) in [7, 11) is -3.14. The van der Waals surface area contributed by atoms with Crippen molar-refractivity contribution in [1.29, 1.82) is 0 Å². The molecule has 148 valence electrons. The number of aromatic nitrogens is 5. The number of anilines is 1. The molecule has 0 aromatic carbocycles. The highest BCUT2D eigenvalue weighted by molar-refractivity contribution is 7.91. The minimum atomic E-state index is -3.14. The van der Waals surface area contributed by atoms with Crippen LogP contribution >= 0.6 is 0 Å². The van der Waals surface area contributed by atoms with Crippen LogP contribution in [-0.4, -0.2) is 57.3 Å². The van der Waals surface area contributed by atoms with E-state index in [1.165, 1.54) is 29.2 Å². The number of hydrogen-bond acceptors (Lipinski definition) is 7. The molecule has 1 aliphatic rings. The first-order chi connectivity index (χ1) is 13.3. The van der Waals surface area contributed by atoms with Crippen molar-refractivity contribution >= 4 is 21.3 Å². The quantitative estimate of drug-likeness (QED) is 0.653. The van der Waals surface area contributed by atoms with Crippen LogP contribution in [0.2, 0.25) is 0 Å². The van der Waals surface area contributed by atoms with Crippen LogP contribution in [0.25, 0.3) is 17.2 Å². The predicted octanol–water partition coefficient (Wildman–Crippen LogP) is 2.14. The van der Waals surface area contributed by atoms with Gasteiger partial charge in [0.05, 0.1) is 17.6 Å². The van der Waals surface area contributed by atoms with Crippen LogP contribution in [0.1, 0.15) is 25.0 Å². The van der Waals surface area contributed by atoms with Crippen LogP contribution in [0.15, 0.2) is 30.9 Å². The molecule has 0 N–H and O–H groups in total. The van der Waals surface area contributed by atoms with Crippen LogP contribution in [0.3, 0.4) is 0 Å². The second-order valence-electron chi connectivity index (χ2n) is 6.76. The lowest BCUT2D eigenvalue weighted by atomic mass is 10.1. The van der Waals surface area contributed by atoms with Gasteiger partial charge in [-0.3, -0.25) is 4.40 Å². The van der Waals surface area contributed by atoms with Crippen molar-refractivity contribution in [3.63, 3.8) is 0 Å². The number of hydrogen-bond donors (Lipinski definition) is 0. The summed E-state index contributed by atoms with van der Waals surface area (Å²) in [5.41, 5.74) is 0.497. The normalized spacial score (nSPS) is 18.1. The fourth-order valence-electron chi connectivity index (χ4n) is 3.33. The van der Waals surface area contributed by atoms with Crippen molar-refractivity contribution in [1.82, 2.24) is 24.3 Å². The Morgan fingerprint density at radius 3 is 2.79 bits per heavy atom.